The Morgan fingerprint density at radius 2 is 1.66 bits per heavy atom. The molecule has 0 aromatic carbocycles. The summed E-state index contributed by atoms with van der Waals surface area (Å²) in [6, 6.07) is -4.52. The van der Waals surface area contributed by atoms with E-state index in [-0.39, 0.29) is 6.42 Å². The van der Waals surface area contributed by atoms with Crippen molar-refractivity contribution < 1.29 is 39.3 Å². The lowest BCUT2D eigenvalue weighted by Gasteiger charge is -2.22. The number of aliphatic carboxylic acids is 2. The lowest BCUT2D eigenvalue weighted by atomic mass is 10.1. The minimum atomic E-state index is -1.59. The number of hydrogen-bond acceptors (Lipinski definition) is 8. The van der Waals surface area contributed by atoms with Crippen LogP contribution >= 0.6 is 0 Å². The van der Waals surface area contributed by atoms with Crippen LogP contribution in [0.5, 0.6) is 0 Å². The second kappa shape index (κ2) is 11.4. The van der Waals surface area contributed by atoms with Gasteiger partial charge in [-0.25, -0.2) is 9.78 Å². The molecule has 1 rings (SSSR count). The van der Waals surface area contributed by atoms with E-state index in [2.05, 4.69) is 25.9 Å². The molecule has 3 atom stereocenters. The normalized spacial score (nSPS) is 13.6. The highest BCUT2D eigenvalue weighted by molar-refractivity contribution is 5.95. The van der Waals surface area contributed by atoms with Gasteiger partial charge >= 0.3 is 11.9 Å². The van der Waals surface area contributed by atoms with Crippen LogP contribution in [0.2, 0.25) is 0 Å². The standard InChI is InChI=1S/C15H22N6O8/c16-3-11(23)19-8(2-12(24)25)13(26)21-10(5-22)14(27)20-9(15(28)29)1-7-4-17-6-18-7/h4,6,8-10,22H,1-3,5,16H2,(H,17,18)(H,19,23)(H,20,27)(H,21,26)(H,24,25)(H,28,29). The van der Waals surface area contributed by atoms with E-state index in [0.29, 0.717) is 5.69 Å². The molecule has 14 heteroatoms. The van der Waals surface area contributed by atoms with Crippen LogP contribution in [0.4, 0.5) is 0 Å². The number of H-pyrrole nitrogens is 1. The van der Waals surface area contributed by atoms with E-state index >= 15 is 0 Å². The lowest BCUT2D eigenvalue weighted by molar-refractivity contribution is -0.143. The Hall–Kier alpha value is -3.52. The molecule has 0 saturated carbocycles. The molecule has 0 aliphatic heterocycles. The summed E-state index contributed by atoms with van der Waals surface area (Å²) in [5.74, 6) is -5.66. The first-order chi connectivity index (χ1) is 13.7. The van der Waals surface area contributed by atoms with Gasteiger partial charge in [-0.3, -0.25) is 19.2 Å². The Balaban J connectivity index is 2.80. The summed E-state index contributed by atoms with van der Waals surface area (Å²) >= 11 is 0. The summed E-state index contributed by atoms with van der Waals surface area (Å²) in [5, 5.41) is 33.8. The first-order valence-electron chi connectivity index (χ1n) is 8.30. The number of carbonyl (C=O) groups excluding carboxylic acids is 3. The van der Waals surface area contributed by atoms with Gasteiger partial charge in [0.2, 0.25) is 17.7 Å². The predicted octanol–water partition coefficient (Wildman–Crippen LogP) is -4.08. The van der Waals surface area contributed by atoms with Crippen LogP contribution in [0.15, 0.2) is 12.5 Å². The van der Waals surface area contributed by atoms with Crippen LogP contribution < -0.4 is 21.7 Å². The lowest BCUT2D eigenvalue weighted by Crippen LogP contribution is -2.57. The van der Waals surface area contributed by atoms with Gasteiger partial charge in [0.15, 0.2) is 0 Å². The molecular formula is C15H22N6O8. The largest absolute Gasteiger partial charge is 0.481 e. The molecule has 0 spiro atoms. The van der Waals surface area contributed by atoms with Gasteiger partial charge in [-0.05, 0) is 0 Å². The van der Waals surface area contributed by atoms with E-state index in [1.54, 1.807) is 0 Å². The Labute approximate surface area is 163 Å². The quantitative estimate of drug-likeness (QED) is 0.164. The zero-order valence-electron chi connectivity index (χ0n) is 15.1. The molecule has 29 heavy (non-hydrogen) atoms. The Morgan fingerprint density at radius 1 is 1.03 bits per heavy atom. The number of carboxylic acids is 2. The average Bonchev–Trinajstić information content (AvgIpc) is 3.17. The molecule has 0 aliphatic rings. The van der Waals surface area contributed by atoms with E-state index in [1.807, 2.05) is 0 Å². The van der Waals surface area contributed by atoms with Crippen molar-refractivity contribution in [2.45, 2.75) is 31.0 Å². The number of aliphatic hydroxyl groups is 1. The van der Waals surface area contributed by atoms with Crippen LogP contribution in [-0.4, -0.2) is 86.2 Å². The molecule has 0 radical (unpaired) electrons. The summed E-state index contributed by atoms with van der Waals surface area (Å²) in [4.78, 5) is 64.5. The zero-order valence-corrected chi connectivity index (χ0v) is 15.1. The molecule has 0 saturated heterocycles. The Kier molecular flexibility index (Phi) is 9.21. The Morgan fingerprint density at radius 3 is 2.14 bits per heavy atom. The highest BCUT2D eigenvalue weighted by Gasteiger charge is 2.30. The number of nitrogens with zero attached hydrogens (tertiary/aromatic N) is 1. The summed E-state index contributed by atoms with van der Waals surface area (Å²) in [5.41, 5.74) is 5.53. The average molecular weight is 414 g/mol. The maximum absolute atomic E-state index is 12.3. The fraction of sp³-hybridized carbons (Fsp3) is 0.467. The Bertz CT molecular complexity index is 737. The number of aromatic nitrogens is 2. The first kappa shape index (κ1) is 23.5. The highest BCUT2D eigenvalue weighted by atomic mass is 16.4. The number of aliphatic hydroxyl groups excluding tert-OH is 1. The van der Waals surface area contributed by atoms with Crippen LogP contribution in [0, 0.1) is 0 Å². The molecular weight excluding hydrogens is 392 g/mol. The summed E-state index contributed by atoms with van der Waals surface area (Å²) in [6.07, 6.45) is 1.76. The molecule has 14 nitrogen and oxygen atoms in total. The maximum atomic E-state index is 12.3. The van der Waals surface area contributed by atoms with Crippen molar-refractivity contribution in [1.82, 2.24) is 25.9 Å². The molecule has 3 unspecified atom stereocenters. The molecule has 1 aromatic rings. The minimum absolute atomic E-state index is 0.138. The molecule has 9 N–H and O–H groups in total. The predicted molar refractivity (Wildman–Crippen MR) is 94.1 cm³/mol. The van der Waals surface area contributed by atoms with Gasteiger partial charge in [0.05, 0.1) is 25.9 Å². The number of carbonyl (C=O) groups is 5. The number of amides is 3. The van der Waals surface area contributed by atoms with Gasteiger partial charge in [-0.2, -0.15) is 0 Å². The molecule has 0 bridgehead atoms. The number of nitrogens with one attached hydrogen (secondary N) is 4. The summed E-state index contributed by atoms with van der Waals surface area (Å²) < 4.78 is 0. The van der Waals surface area contributed by atoms with Crippen molar-refractivity contribution in [3.63, 3.8) is 0 Å². The van der Waals surface area contributed by atoms with E-state index in [0.717, 1.165) is 0 Å². The van der Waals surface area contributed by atoms with Gasteiger partial charge in [0.25, 0.3) is 0 Å². The fourth-order valence-corrected chi connectivity index (χ4v) is 2.19. The van der Waals surface area contributed by atoms with Gasteiger partial charge < -0.3 is 42.0 Å². The molecule has 1 aromatic heterocycles. The smallest absolute Gasteiger partial charge is 0.326 e. The summed E-state index contributed by atoms with van der Waals surface area (Å²) in [7, 11) is 0. The number of carboxylic acid groups (broad SMARTS) is 2. The van der Waals surface area contributed by atoms with Crippen molar-refractivity contribution in [2.75, 3.05) is 13.2 Å². The van der Waals surface area contributed by atoms with Crippen molar-refractivity contribution in [2.24, 2.45) is 5.73 Å². The van der Waals surface area contributed by atoms with Crippen LogP contribution in [0.1, 0.15) is 12.1 Å². The van der Waals surface area contributed by atoms with Crippen LogP contribution in [0.3, 0.4) is 0 Å². The van der Waals surface area contributed by atoms with Crippen LogP contribution in [-0.2, 0) is 30.4 Å². The second-order valence-corrected chi connectivity index (χ2v) is 5.85. The van der Waals surface area contributed by atoms with Crippen molar-refractivity contribution in [1.29, 1.82) is 0 Å². The minimum Gasteiger partial charge on any atom is -0.481 e. The zero-order chi connectivity index (χ0) is 22.0. The van der Waals surface area contributed by atoms with Gasteiger partial charge in [0.1, 0.15) is 18.1 Å². The monoisotopic (exact) mass is 414 g/mol. The van der Waals surface area contributed by atoms with E-state index in [9.17, 15) is 34.2 Å². The maximum Gasteiger partial charge on any atom is 0.326 e. The number of hydrogen-bond donors (Lipinski definition) is 8. The van der Waals surface area contributed by atoms with Crippen molar-refractivity contribution >= 4 is 29.7 Å². The van der Waals surface area contributed by atoms with E-state index < -0.39 is 67.4 Å². The van der Waals surface area contributed by atoms with Gasteiger partial charge in [-0.1, -0.05) is 0 Å². The fourth-order valence-electron chi connectivity index (χ4n) is 2.19. The molecule has 0 aliphatic carbocycles. The van der Waals surface area contributed by atoms with Crippen molar-refractivity contribution in [3.05, 3.63) is 18.2 Å². The van der Waals surface area contributed by atoms with Gasteiger partial charge in [-0.15, -0.1) is 0 Å². The SMILES string of the molecule is NCC(=O)NC(CC(=O)O)C(=O)NC(CO)C(=O)NC(Cc1cnc[nH]1)C(=O)O. The summed E-state index contributed by atoms with van der Waals surface area (Å²) in [6.45, 7) is -1.40. The number of nitrogens with two attached hydrogens (primary N) is 1. The second-order valence-electron chi connectivity index (χ2n) is 5.85. The number of rotatable bonds is 12. The van der Waals surface area contributed by atoms with E-state index in [1.165, 1.54) is 12.5 Å². The first-order valence-corrected chi connectivity index (χ1v) is 8.30. The molecule has 0 fully saturated rings. The topological polar surface area (TPSA) is 237 Å². The third kappa shape index (κ3) is 7.94. The van der Waals surface area contributed by atoms with Crippen molar-refractivity contribution in [3.8, 4) is 0 Å². The highest BCUT2D eigenvalue weighted by Crippen LogP contribution is 2.01. The molecule has 160 valence electrons. The molecule has 1 heterocycles. The third-order valence-corrected chi connectivity index (χ3v) is 3.62. The number of imidazole rings is 1. The third-order valence-electron chi connectivity index (χ3n) is 3.62. The number of aromatic amines is 1. The van der Waals surface area contributed by atoms with Gasteiger partial charge in [0, 0.05) is 18.3 Å². The molecule has 3 amide bonds. The van der Waals surface area contributed by atoms with Crippen LogP contribution in [0.25, 0.3) is 0 Å². The van der Waals surface area contributed by atoms with E-state index in [4.69, 9.17) is 10.8 Å².